The Bertz CT molecular complexity index is 1420. The summed E-state index contributed by atoms with van der Waals surface area (Å²) in [5.74, 6) is 1.32. The van der Waals surface area contributed by atoms with E-state index in [1.165, 1.54) is 9.40 Å². The minimum atomic E-state index is 0.312. The standard InChI is InChI=1S/C24H16N4O2S2/c1-3-17-15-5-13(1)9-29-10-14-2-4-18-16(6-14)24-20(32-18)8-26-22(28-24)12-30-11-21-25-7-19(31-17)23(15)27-21/h1-8H,9-12H2. The zero-order chi connectivity index (χ0) is 21.1. The highest BCUT2D eigenvalue weighted by atomic mass is 32.1. The van der Waals surface area contributed by atoms with Crippen molar-refractivity contribution >= 4 is 63.3 Å². The molecule has 6 nitrogen and oxygen atoms in total. The molecular weight excluding hydrogens is 440 g/mol. The topological polar surface area (TPSA) is 70.0 Å². The molecule has 0 unspecified atom stereocenters. The van der Waals surface area contributed by atoms with Gasteiger partial charge in [0.1, 0.15) is 13.2 Å². The van der Waals surface area contributed by atoms with Crippen LogP contribution in [0.15, 0.2) is 48.8 Å². The maximum Gasteiger partial charge on any atom is 0.154 e. The molecule has 0 amide bonds. The van der Waals surface area contributed by atoms with Gasteiger partial charge in [0.05, 0.1) is 33.6 Å². The minimum Gasteiger partial charge on any atom is -0.372 e. The van der Waals surface area contributed by atoms with Crippen molar-refractivity contribution in [1.82, 2.24) is 19.9 Å². The molecule has 6 aromatic rings. The number of fused-ring (bicyclic) bond motifs is 4. The molecule has 1 aliphatic heterocycles. The van der Waals surface area contributed by atoms with E-state index in [4.69, 9.17) is 19.4 Å². The van der Waals surface area contributed by atoms with E-state index in [0.717, 1.165) is 42.3 Å². The fourth-order valence-electron chi connectivity index (χ4n) is 4.13. The van der Waals surface area contributed by atoms with Crippen molar-refractivity contribution in [2.45, 2.75) is 26.4 Å². The summed E-state index contributed by atoms with van der Waals surface area (Å²) in [5, 5.41) is 2.27. The molecule has 0 fully saturated rings. The molecule has 32 heavy (non-hydrogen) atoms. The van der Waals surface area contributed by atoms with Gasteiger partial charge in [0.2, 0.25) is 0 Å². The predicted molar refractivity (Wildman–Crippen MR) is 127 cm³/mol. The molecule has 0 radical (unpaired) electrons. The molecular formula is C24H16N4O2S2. The Hall–Kier alpha value is -3.04. The lowest BCUT2D eigenvalue weighted by atomic mass is 10.1. The Morgan fingerprint density at radius 1 is 0.594 bits per heavy atom. The molecule has 0 atom stereocenters. The van der Waals surface area contributed by atoms with Crippen molar-refractivity contribution < 1.29 is 9.47 Å². The van der Waals surface area contributed by atoms with Gasteiger partial charge in [-0.2, -0.15) is 0 Å². The third kappa shape index (κ3) is 3.07. The third-order valence-electron chi connectivity index (χ3n) is 5.65. The zero-order valence-electron chi connectivity index (χ0n) is 16.9. The van der Waals surface area contributed by atoms with Crippen LogP contribution in [0.5, 0.6) is 0 Å². The molecule has 7 rings (SSSR count). The average Bonchev–Trinajstić information content (AvgIpc) is 3.36. The molecule has 0 N–H and O–H groups in total. The second-order valence-electron chi connectivity index (χ2n) is 7.85. The van der Waals surface area contributed by atoms with E-state index in [-0.39, 0.29) is 0 Å². The smallest absolute Gasteiger partial charge is 0.154 e. The van der Waals surface area contributed by atoms with Crippen molar-refractivity contribution in [1.29, 1.82) is 0 Å². The Morgan fingerprint density at radius 2 is 1.09 bits per heavy atom. The van der Waals surface area contributed by atoms with Crippen LogP contribution in [-0.4, -0.2) is 19.9 Å². The molecule has 8 bridgehead atoms. The molecule has 1 aliphatic rings. The predicted octanol–water partition coefficient (Wildman–Crippen LogP) is 5.75. The van der Waals surface area contributed by atoms with Gasteiger partial charge in [-0.25, -0.2) is 19.9 Å². The number of hydrogen-bond acceptors (Lipinski definition) is 8. The number of ether oxygens (including phenoxy) is 2. The van der Waals surface area contributed by atoms with Gasteiger partial charge in [0, 0.05) is 32.6 Å². The molecule has 0 saturated carbocycles. The monoisotopic (exact) mass is 456 g/mol. The number of thiophene rings is 2. The van der Waals surface area contributed by atoms with E-state index >= 15 is 0 Å². The van der Waals surface area contributed by atoms with Gasteiger partial charge in [-0.05, 0) is 35.4 Å². The van der Waals surface area contributed by atoms with Gasteiger partial charge in [-0.3, -0.25) is 0 Å². The number of benzene rings is 2. The van der Waals surface area contributed by atoms with Crippen molar-refractivity contribution in [3.63, 3.8) is 0 Å². The van der Waals surface area contributed by atoms with Crippen LogP contribution in [0, 0.1) is 0 Å². The molecule has 2 aromatic carbocycles. The molecule has 0 spiro atoms. The summed E-state index contributed by atoms with van der Waals surface area (Å²) in [5.41, 5.74) is 4.20. The maximum absolute atomic E-state index is 6.08. The minimum absolute atomic E-state index is 0.312. The van der Waals surface area contributed by atoms with Crippen LogP contribution in [0.25, 0.3) is 40.6 Å². The fraction of sp³-hybridized carbons (Fsp3) is 0.167. The first-order valence-electron chi connectivity index (χ1n) is 10.3. The highest BCUT2D eigenvalue weighted by Crippen LogP contribution is 2.34. The lowest BCUT2D eigenvalue weighted by molar-refractivity contribution is 0.0969. The molecule has 5 heterocycles. The van der Waals surface area contributed by atoms with Gasteiger partial charge in [0.25, 0.3) is 0 Å². The number of aromatic nitrogens is 4. The third-order valence-corrected chi connectivity index (χ3v) is 7.84. The molecule has 8 heteroatoms. The van der Waals surface area contributed by atoms with Crippen LogP contribution in [0.1, 0.15) is 22.8 Å². The van der Waals surface area contributed by atoms with E-state index in [2.05, 4.69) is 46.4 Å². The largest absolute Gasteiger partial charge is 0.372 e. The van der Waals surface area contributed by atoms with Gasteiger partial charge < -0.3 is 9.47 Å². The lowest BCUT2D eigenvalue weighted by Gasteiger charge is -2.07. The number of hydrogen-bond donors (Lipinski definition) is 0. The van der Waals surface area contributed by atoms with E-state index < -0.39 is 0 Å². The average molecular weight is 457 g/mol. The first kappa shape index (κ1) is 18.5. The summed E-state index contributed by atoms with van der Waals surface area (Å²) >= 11 is 3.41. The highest BCUT2D eigenvalue weighted by molar-refractivity contribution is 7.26. The van der Waals surface area contributed by atoms with Crippen molar-refractivity contribution in [2.24, 2.45) is 0 Å². The van der Waals surface area contributed by atoms with Gasteiger partial charge in [0.15, 0.2) is 11.6 Å². The fourth-order valence-corrected chi connectivity index (χ4v) is 6.12. The van der Waals surface area contributed by atoms with Crippen LogP contribution in [-0.2, 0) is 35.9 Å². The van der Waals surface area contributed by atoms with E-state index in [1.54, 1.807) is 22.7 Å². The maximum atomic E-state index is 6.08. The Labute approximate surface area is 190 Å². The van der Waals surface area contributed by atoms with Crippen LogP contribution in [0.4, 0.5) is 0 Å². The Balaban J connectivity index is 1.35. The Morgan fingerprint density at radius 3 is 1.62 bits per heavy atom. The van der Waals surface area contributed by atoms with Gasteiger partial charge in [-0.1, -0.05) is 12.1 Å². The lowest BCUT2D eigenvalue weighted by Crippen LogP contribution is -2.02. The summed E-state index contributed by atoms with van der Waals surface area (Å²) in [4.78, 5) is 18.6. The molecule has 0 aliphatic carbocycles. The summed E-state index contributed by atoms with van der Waals surface area (Å²) in [7, 11) is 0. The normalized spacial score (nSPS) is 14.8. The molecule has 4 aromatic heterocycles. The molecule has 0 saturated heterocycles. The second-order valence-corrected chi connectivity index (χ2v) is 10.0. The van der Waals surface area contributed by atoms with Crippen LogP contribution >= 0.6 is 22.7 Å². The van der Waals surface area contributed by atoms with E-state index in [1.807, 2.05) is 12.4 Å². The summed E-state index contributed by atoms with van der Waals surface area (Å²) in [6.07, 6.45) is 3.77. The summed E-state index contributed by atoms with van der Waals surface area (Å²) in [6.45, 7) is 1.71. The quantitative estimate of drug-likeness (QED) is 0.290. The summed E-state index contributed by atoms with van der Waals surface area (Å²) in [6, 6.07) is 12.9. The number of rotatable bonds is 0. The SMILES string of the molecule is c1cc2sc3cnc4nc3c2cc1COCc1ccc2sc3cnc(nc3c2c1)COC4. The molecule has 156 valence electrons. The van der Waals surface area contributed by atoms with Crippen LogP contribution < -0.4 is 0 Å². The van der Waals surface area contributed by atoms with E-state index in [9.17, 15) is 0 Å². The summed E-state index contributed by atoms with van der Waals surface area (Å²) < 4.78 is 16.5. The van der Waals surface area contributed by atoms with Crippen LogP contribution in [0.3, 0.4) is 0 Å². The highest BCUT2D eigenvalue weighted by Gasteiger charge is 2.12. The van der Waals surface area contributed by atoms with Gasteiger partial charge in [-0.15, -0.1) is 22.7 Å². The van der Waals surface area contributed by atoms with E-state index in [0.29, 0.717) is 38.1 Å². The second kappa shape index (κ2) is 7.25. The van der Waals surface area contributed by atoms with Crippen molar-refractivity contribution in [3.8, 4) is 0 Å². The van der Waals surface area contributed by atoms with Gasteiger partial charge >= 0.3 is 0 Å². The first-order valence-corrected chi connectivity index (χ1v) is 11.9. The van der Waals surface area contributed by atoms with Crippen molar-refractivity contribution in [2.75, 3.05) is 0 Å². The Kier molecular flexibility index (Phi) is 4.19. The number of nitrogens with zero attached hydrogens (tertiary/aromatic N) is 4. The van der Waals surface area contributed by atoms with Crippen LogP contribution in [0.2, 0.25) is 0 Å². The zero-order valence-corrected chi connectivity index (χ0v) is 18.5. The van der Waals surface area contributed by atoms with Crippen molar-refractivity contribution in [3.05, 3.63) is 71.6 Å². The first-order chi connectivity index (χ1) is 15.8.